The summed E-state index contributed by atoms with van der Waals surface area (Å²) in [5.41, 5.74) is 0. The average Bonchev–Trinajstić information content (AvgIpc) is 3.47. The Bertz CT molecular complexity index is 1810. The predicted octanol–water partition coefficient (Wildman–Crippen LogP) is 22.9. The van der Waals surface area contributed by atoms with Crippen molar-refractivity contribution in [3.05, 3.63) is 158 Å². The second-order valence-electron chi connectivity index (χ2n) is 21.3. The van der Waals surface area contributed by atoms with Gasteiger partial charge in [0.15, 0.2) is 6.10 Å². The minimum absolute atomic E-state index is 0.116. The van der Waals surface area contributed by atoms with Crippen molar-refractivity contribution in [2.75, 3.05) is 13.2 Å². The molecule has 6 nitrogen and oxygen atoms in total. The highest BCUT2D eigenvalue weighted by Gasteiger charge is 2.19. The fourth-order valence-corrected chi connectivity index (χ4v) is 8.63. The summed E-state index contributed by atoms with van der Waals surface area (Å²) in [6.45, 7) is 6.33. The monoisotopic (exact) mass is 1120 g/mol. The van der Waals surface area contributed by atoms with Crippen LogP contribution in [0.15, 0.2) is 158 Å². The van der Waals surface area contributed by atoms with Gasteiger partial charge in [0.25, 0.3) is 0 Å². The smallest absolute Gasteiger partial charge is 0.306 e. The van der Waals surface area contributed by atoms with Crippen molar-refractivity contribution in [1.29, 1.82) is 0 Å². The van der Waals surface area contributed by atoms with Crippen LogP contribution in [0.2, 0.25) is 0 Å². The third kappa shape index (κ3) is 65.7. The van der Waals surface area contributed by atoms with Crippen molar-refractivity contribution < 1.29 is 28.6 Å². The van der Waals surface area contributed by atoms with Gasteiger partial charge in [0, 0.05) is 19.3 Å². The summed E-state index contributed by atoms with van der Waals surface area (Å²) < 4.78 is 16.9. The number of carbonyl (C=O) groups excluding carboxylic acids is 3. The van der Waals surface area contributed by atoms with Crippen LogP contribution >= 0.6 is 0 Å². The van der Waals surface area contributed by atoms with Crippen LogP contribution in [0, 0.1) is 0 Å². The van der Waals surface area contributed by atoms with Gasteiger partial charge in [0.2, 0.25) is 0 Å². The molecule has 81 heavy (non-hydrogen) atoms. The maximum atomic E-state index is 12.9. The lowest BCUT2D eigenvalue weighted by Crippen LogP contribution is -2.30. The summed E-state index contributed by atoms with van der Waals surface area (Å²) in [5, 5.41) is 0. The van der Waals surface area contributed by atoms with Gasteiger partial charge >= 0.3 is 17.9 Å². The zero-order valence-electron chi connectivity index (χ0n) is 52.2. The molecule has 0 aromatic rings. The zero-order valence-corrected chi connectivity index (χ0v) is 52.2. The average molecular weight is 1120 g/mol. The Morgan fingerprint density at radius 3 is 0.815 bits per heavy atom. The number of hydrogen-bond acceptors (Lipinski definition) is 6. The van der Waals surface area contributed by atoms with Crippen molar-refractivity contribution in [1.82, 2.24) is 0 Å². The molecule has 0 rings (SSSR count). The lowest BCUT2D eigenvalue weighted by atomic mass is 10.0. The third-order valence-electron chi connectivity index (χ3n) is 13.5. The number of hydrogen-bond donors (Lipinski definition) is 0. The Hall–Kier alpha value is -4.97. The van der Waals surface area contributed by atoms with Gasteiger partial charge in [-0.2, -0.15) is 0 Å². The highest BCUT2D eigenvalue weighted by molar-refractivity contribution is 5.71. The zero-order chi connectivity index (χ0) is 58.5. The molecular weight excluding hydrogens is 997 g/mol. The van der Waals surface area contributed by atoms with Crippen LogP contribution in [0.25, 0.3) is 0 Å². The van der Waals surface area contributed by atoms with E-state index in [1.165, 1.54) is 103 Å². The van der Waals surface area contributed by atoms with E-state index in [2.05, 4.69) is 179 Å². The maximum absolute atomic E-state index is 12.9. The normalized spacial score (nSPS) is 13.2. The van der Waals surface area contributed by atoms with E-state index in [1.807, 2.05) is 0 Å². The molecule has 1 unspecified atom stereocenters. The van der Waals surface area contributed by atoms with E-state index in [0.717, 1.165) is 122 Å². The molecule has 0 fully saturated rings. The lowest BCUT2D eigenvalue weighted by molar-refractivity contribution is -0.167. The van der Waals surface area contributed by atoms with E-state index in [0.29, 0.717) is 19.3 Å². The number of ether oxygens (including phenoxy) is 3. The molecule has 0 amide bonds. The lowest BCUT2D eigenvalue weighted by Gasteiger charge is -2.18. The van der Waals surface area contributed by atoms with Crippen molar-refractivity contribution in [2.24, 2.45) is 0 Å². The van der Waals surface area contributed by atoms with Crippen LogP contribution in [0.5, 0.6) is 0 Å². The summed E-state index contributed by atoms with van der Waals surface area (Å²) in [6.07, 6.45) is 98.3. The van der Waals surface area contributed by atoms with Crippen molar-refractivity contribution >= 4 is 17.9 Å². The molecule has 0 radical (unpaired) electrons. The van der Waals surface area contributed by atoms with Gasteiger partial charge in [-0.25, -0.2) is 0 Å². The molecule has 0 N–H and O–H groups in total. The molecule has 0 aliphatic heterocycles. The van der Waals surface area contributed by atoms with Crippen LogP contribution in [0.1, 0.15) is 278 Å². The molecule has 0 aliphatic rings. The van der Waals surface area contributed by atoms with Crippen LogP contribution in [-0.2, 0) is 28.6 Å². The fraction of sp³-hybridized carbons (Fsp3) is 0.613. The van der Waals surface area contributed by atoms with Gasteiger partial charge in [-0.15, -0.1) is 0 Å². The van der Waals surface area contributed by atoms with Crippen LogP contribution in [0.3, 0.4) is 0 Å². The topological polar surface area (TPSA) is 78.9 Å². The Morgan fingerprint density at radius 2 is 0.494 bits per heavy atom. The number of carbonyl (C=O) groups is 3. The Kier molecular flexibility index (Phi) is 63.4. The number of rotatable bonds is 58. The van der Waals surface area contributed by atoms with Crippen molar-refractivity contribution in [2.45, 2.75) is 284 Å². The molecule has 0 heterocycles. The fourth-order valence-electron chi connectivity index (χ4n) is 8.63. The first-order valence-electron chi connectivity index (χ1n) is 33.0. The van der Waals surface area contributed by atoms with Gasteiger partial charge in [-0.05, 0) is 141 Å². The van der Waals surface area contributed by atoms with E-state index in [1.54, 1.807) is 0 Å². The summed E-state index contributed by atoms with van der Waals surface area (Å²) in [7, 11) is 0. The number of esters is 3. The Morgan fingerprint density at radius 1 is 0.259 bits per heavy atom. The third-order valence-corrected chi connectivity index (χ3v) is 13.5. The van der Waals surface area contributed by atoms with Gasteiger partial charge < -0.3 is 14.2 Å². The van der Waals surface area contributed by atoms with Gasteiger partial charge in [-0.3, -0.25) is 14.4 Å². The summed E-state index contributed by atoms with van der Waals surface area (Å²) >= 11 is 0. The molecule has 0 spiro atoms. The van der Waals surface area contributed by atoms with Gasteiger partial charge in [-0.1, -0.05) is 275 Å². The van der Waals surface area contributed by atoms with Gasteiger partial charge in [0.1, 0.15) is 13.2 Å². The first-order chi connectivity index (χ1) is 40.0. The van der Waals surface area contributed by atoms with E-state index >= 15 is 0 Å². The minimum atomic E-state index is -0.829. The minimum Gasteiger partial charge on any atom is -0.462 e. The standard InChI is InChI=1S/C75H120O6/c1-4-7-10-13-16-19-22-25-28-31-33-34-35-36-37-38-39-40-42-44-47-50-53-56-59-62-65-68-74(77)80-71-72(70-79-73(76)67-64-61-58-55-52-49-46-43-30-27-24-21-18-15-12-9-6-3)81-75(78)69-66-63-60-57-54-51-48-45-41-32-29-26-23-20-17-14-11-8-5-2/h8-9,11-12,17-18,20-22,25-27,29-31,33,35-36,41,45-46,49,51,54-55,58,72H,4-7,10,13-16,19,23-24,28,32,34,37-40,42-44,47-48,50,52-53,56-57,59-71H2,1-3H3/b11-8-,12-9-,20-17-,21-18-,25-22-,29-26-,30-27-,33-31-,36-35-,45-41-,49-46-,54-51-,58-55-. The highest BCUT2D eigenvalue weighted by atomic mass is 16.6. The van der Waals surface area contributed by atoms with E-state index in [9.17, 15) is 14.4 Å². The largest absolute Gasteiger partial charge is 0.462 e. The second kappa shape index (κ2) is 67.5. The van der Waals surface area contributed by atoms with Crippen LogP contribution in [-0.4, -0.2) is 37.2 Å². The molecule has 6 heteroatoms. The van der Waals surface area contributed by atoms with E-state index < -0.39 is 6.10 Å². The highest BCUT2D eigenvalue weighted by Crippen LogP contribution is 2.15. The van der Waals surface area contributed by atoms with Gasteiger partial charge in [0.05, 0.1) is 0 Å². The molecule has 0 saturated carbocycles. The molecule has 0 aromatic heterocycles. The second-order valence-corrected chi connectivity index (χ2v) is 21.3. The number of allylic oxidation sites excluding steroid dienone is 26. The first kappa shape index (κ1) is 76.0. The van der Waals surface area contributed by atoms with Crippen molar-refractivity contribution in [3.63, 3.8) is 0 Å². The van der Waals surface area contributed by atoms with Crippen molar-refractivity contribution in [3.8, 4) is 0 Å². The van der Waals surface area contributed by atoms with Crippen LogP contribution < -0.4 is 0 Å². The molecule has 456 valence electrons. The summed E-state index contributed by atoms with van der Waals surface area (Å²) in [5.74, 6) is -1.01. The molecule has 0 aliphatic carbocycles. The number of unbranched alkanes of at least 4 members (excludes halogenated alkanes) is 21. The van der Waals surface area contributed by atoms with E-state index in [4.69, 9.17) is 14.2 Å². The van der Waals surface area contributed by atoms with Crippen LogP contribution in [0.4, 0.5) is 0 Å². The van der Waals surface area contributed by atoms with E-state index in [-0.39, 0.29) is 44.0 Å². The molecule has 0 aromatic carbocycles. The molecule has 0 saturated heterocycles. The quantitative estimate of drug-likeness (QED) is 0.0261. The summed E-state index contributed by atoms with van der Waals surface area (Å²) in [6, 6.07) is 0. The molecule has 0 bridgehead atoms. The molecular formula is C75H120O6. The Balaban J connectivity index is 4.47. The SMILES string of the molecule is CC/C=C\C/C=C\C/C=C\C/C=C\C/C=C\CCCCCC(=O)OC(COC(=O)CCC/C=C\C/C=C\C/C=C\C/C=C\C/C=C\CC)COC(=O)CCCCCCCCCCCCCC/C=C\C/C=C\C/C=C\CCCCCCC. The predicted molar refractivity (Wildman–Crippen MR) is 352 cm³/mol. The summed E-state index contributed by atoms with van der Waals surface area (Å²) in [4.78, 5) is 38.4. The first-order valence-corrected chi connectivity index (χ1v) is 33.0. The Labute approximate surface area is 499 Å². The maximum Gasteiger partial charge on any atom is 0.306 e. The molecule has 1 atom stereocenters.